The number of nitrogens with one attached hydrogen (secondary N) is 2. The lowest BCUT2D eigenvalue weighted by Gasteiger charge is -2.09. The monoisotopic (exact) mass is 398 g/mol. The van der Waals surface area contributed by atoms with Crippen LogP contribution in [0.3, 0.4) is 0 Å². The van der Waals surface area contributed by atoms with Crippen LogP contribution in [0, 0.1) is 0 Å². The summed E-state index contributed by atoms with van der Waals surface area (Å²) in [5, 5.41) is 6.21. The number of hydrogen-bond acceptors (Lipinski definition) is 7. The van der Waals surface area contributed by atoms with Gasteiger partial charge in [-0.15, -0.1) is 0 Å². The molecule has 142 valence electrons. The zero-order valence-electron chi connectivity index (χ0n) is 14.7. The van der Waals surface area contributed by atoms with Crippen LogP contribution in [0.5, 0.6) is 17.2 Å². The van der Waals surface area contributed by atoms with Crippen molar-refractivity contribution in [2.45, 2.75) is 0 Å². The number of carbonyl (C=O) groups is 1. The summed E-state index contributed by atoms with van der Waals surface area (Å²) < 4.78 is 15.7. The lowest BCUT2D eigenvalue weighted by Crippen LogP contribution is -2.14. The average Bonchev–Trinajstić information content (AvgIpc) is 3.16. The van der Waals surface area contributed by atoms with Crippen LogP contribution in [-0.2, 0) is 0 Å². The molecule has 28 heavy (non-hydrogen) atoms. The summed E-state index contributed by atoms with van der Waals surface area (Å²) in [7, 11) is 1.52. The van der Waals surface area contributed by atoms with E-state index >= 15 is 0 Å². The minimum absolute atomic E-state index is 0.170. The second-order valence-corrected chi connectivity index (χ2v) is 6.19. The van der Waals surface area contributed by atoms with Crippen LogP contribution in [0.25, 0.3) is 0 Å². The fourth-order valence-electron chi connectivity index (χ4n) is 2.57. The molecule has 4 rings (SSSR count). The molecule has 1 aromatic heterocycles. The first-order valence-electron chi connectivity index (χ1n) is 8.26. The predicted molar refractivity (Wildman–Crippen MR) is 104 cm³/mol. The maximum absolute atomic E-state index is 12.3. The minimum Gasteiger partial charge on any atom is -0.495 e. The SMILES string of the molecule is COc1ccc(NC(=O)c2cnc(Nc3ccc4c(c3)OCO4)cn2)cc1Cl. The molecule has 0 saturated heterocycles. The summed E-state index contributed by atoms with van der Waals surface area (Å²) in [6.45, 7) is 0.210. The molecule has 1 aliphatic rings. The van der Waals surface area contributed by atoms with Crippen molar-refractivity contribution in [3.63, 3.8) is 0 Å². The Kier molecular flexibility index (Phi) is 4.86. The highest BCUT2D eigenvalue weighted by molar-refractivity contribution is 6.32. The molecule has 0 fully saturated rings. The van der Waals surface area contributed by atoms with Gasteiger partial charge in [0.2, 0.25) is 6.79 Å². The summed E-state index contributed by atoms with van der Waals surface area (Å²) in [6, 6.07) is 10.4. The molecule has 1 amide bonds. The van der Waals surface area contributed by atoms with E-state index in [4.69, 9.17) is 25.8 Å². The lowest BCUT2D eigenvalue weighted by molar-refractivity contribution is 0.102. The fraction of sp³-hybridized carbons (Fsp3) is 0.105. The van der Waals surface area contributed by atoms with Crippen LogP contribution in [0.15, 0.2) is 48.8 Å². The Morgan fingerprint density at radius 1 is 1.07 bits per heavy atom. The van der Waals surface area contributed by atoms with Gasteiger partial charge in [-0.05, 0) is 30.3 Å². The Bertz CT molecular complexity index is 1030. The first-order chi connectivity index (χ1) is 13.6. The molecule has 0 bridgehead atoms. The molecular formula is C19H15ClN4O4. The van der Waals surface area contributed by atoms with Gasteiger partial charge >= 0.3 is 0 Å². The highest BCUT2D eigenvalue weighted by Gasteiger charge is 2.14. The molecule has 0 radical (unpaired) electrons. The predicted octanol–water partition coefficient (Wildman–Crippen LogP) is 3.86. The van der Waals surface area contributed by atoms with Crippen molar-refractivity contribution < 1.29 is 19.0 Å². The van der Waals surface area contributed by atoms with E-state index in [-0.39, 0.29) is 12.5 Å². The van der Waals surface area contributed by atoms with Gasteiger partial charge in [-0.25, -0.2) is 9.97 Å². The molecule has 2 heterocycles. The molecule has 0 unspecified atom stereocenters. The topological polar surface area (TPSA) is 94.6 Å². The Labute approximate surface area is 165 Å². The third-order valence-electron chi connectivity index (χ3n) is 3.94. The normalized spacial score (nSPS) is 11.8. The summed E-state index contributed by atoms with van der Waals surface area (Å²) in [5.41, 5.74) is 1.46. The second kappa shape index (κ2) is 7.61. The lowest BCUT2D eigenvalue weighted by atomic mass is 10.3. The number of methoxy groups -OCH3 is 1. The first kappa shape index (κ1) is 17.9. The summed E-state index contributed by atoms with van der Waals surface area (Å²) >= 11 is 6.06. The van der Waals surface area contributed by atoms with E-state index in [1.54, 1.807) is 30.3 Å². The number of aromatic nitrogens is 2. The van der Waals surface area contributed by atoms with Gasteiger partial charge in [-0.1, -0.05) is 11.6 Å². The van der Waals surface area contributed by atoms with Crippen molar-refractivity contribution in [2.24, 2.45) is 0 Å². The number of amides is 1. The number of benzene rings is 2. The van der Waals surface area contributed by atoms with Crippen molar-refractivity contribution in [2.75, 3.05) is 24.5 Å². The van der Waals surface area contributed by atoms with Crippen LogP contribution in [0.1, 0.15) is 10.5 Å². The van der Waals surface area contributed by atoms with Gasteiger partial charge in [-0.2, -0.15) is 0 Å². The Balaban J connectivity index is 1.42. The number of anilines is 3. The first-order valence-corrected chi connectivity index (χ1v) is 8.64. The largest absolute Gasteiger partial charge is 0.495 e. The molecule has 1 aliphatic heterocycles. The third-order valence-corrected chi connectivity index (χ3v) is 4.23. The number of ether oxygens (including phenoxy) is 3. The van der Waals surface area contributed by atoms with Crippen molar-refractivity contribution in [1.82, 2.24) is 9.97 Å². The number of nitrogens with zero attached hydrogens (tertiary/aromatic N) is 2. The average molecular weight is 399 g/mol. The Morgan fingerprint density at radius 2 is 1.89 bits per heavy atom. The minimum atomic E-state index is -0.400. The highest BCUT2D eigenvalue weighted by atomic mass is 35.5. The van der Waals surface area contributed by atoms with E-state index in [1.165, 1.54) is 19.5 Å². The summed E-state index contributed by atoms with van der Waals surface area (Å²) in [5.74, 6) is 1.97. The van der Waals surface area contributed by atoms with Crippen molar-refractivity contribution in [3.05, 3.63) is 59.5 Å². The Morgan fingerprint density at radius 3 is 2.64 bits per heavy atom. The zero-order valence-corrected chi connectivity index (χ0v) is 15.5. The molecule has 0 atom stereocenters. The van der Waals surface area contributed by atoms with Crippen molar-refractivity contribution >= 4 is 34.7 Å². The number of fused-ring (bicyclic) bond motifs is 1. The van der Waals surface area contributed by atoms with Gasteiger partial charge in [0.1, 0.15) is 17.3 Å². The second-order valence-electron chi connectivity index (χ2n) is 5.78. The maximum atomic E-state index is 12.3. The van der Waals surface area contributed by atoms with Crippen LogP contribution in [-0.4, -0.2) is 29.8 Å². The van der Waals surface area contributed by atoms with Crippen LogP contribution in [0.2, 0.25) is 5.02 Å². The molecule has 0 aliphatic carbocycles. The smallest absolute Gasteiger partial charge is 0.275 e. The van der Waals surface area contributed by atoms with Crippen LogP contribution < -0.4 is 24.8 Å². The van der Waals surface area contributed by atoms with Gasteiger partial charge < -0.3 is 24.8 Å². The van der Waals surface area contributed by atoms with E-state index < -0.39 is 5.91 Å². The number of halogens is 1. The maximum Gasteiger partial charge on any atom is 0.275 e. The number of hydrogen-bond donors (Lipinski definition) is 2. The van der Waals surface area contributed by atoms with E-state index in [9.17, 15) is 4.79 Å². The number of carbonyl (C=O) groups excluding carboxylic acids is 1. The molecule has 3 aromatic rings. The summed E-state index contributed by atoms with van der Waals surface area (Å²) in [6.07, 6.45) is 2.86. The molecule has 9 heteroatoms. The van der Waals surface area contributed by atoms with Crippen LogP contribution in [0.4, 0.5) is 17.2 Å². The van der Waals surface area contributed by atoms with Crippen molar-refractivity contribution in [1.29, 1.82) is 0 Å². The molecule has 8 nitrogen and oxygen atoms in total. The van der Waals surface area contributed by atoms with Gasteiger partial charge in [-0.3, -0.25) is 4.79 Å². The molecular weight excluding hydrogens is 384 g/mol. The highest BCUT2D eigenvalue weighted by Crippen LogP contribution is 2.34. The van der Waals surface area contributed by atoms with E-state index in [0.29, 0.717) is 33.8 Å². The van der Waals surface area contributed by atoms with Gasteiger partial charge in [0.15, 0.2) is 11.5 Å². The molecule has 0 saturated carbocycles. The number of rotatable bonds is 5. The zero-order chi connectivity index (χ0) is 19.5. The van der Waals surface area contributed by atoms with Gasteiger partial charge in [0.05, 0.1) is 24.5 Å². The third kappa shape index (κ3) is 3.77. The van der Waals surface area contributed by atoms with E-state index in [0.717, 1.165) is 5.69 Å². The molecule has 2 aromatic carbocycles. The molecule has 2 N–H and O–H groups in total. The van der Waals surface area contributed by atoms with Crippen LogP contribution >= 0.6 is 11.6 Å². The van der Waals surface area contributed by atoms with Gasteiger partial charge in [0.25, 0.3) is 5.91 Å². The Hall–Kier alpha value is -3.52. The van der Waals surface area contributed by atoms with E-state index in [1.807, 2.05) is 6.07 Å². The quantitative estimate of drug-likeness (QED) is 0.673. The standard InChI is InChI=1S/C19H15ClN4O4/c1-26-15-4-2-11(6-13(15)20)24-19(25)14-8-22-18(9-21-14)23-12-3-5-16-17(7-12)28-10-27-16/h2-9H,10H2,1H3,(H,22,23)(H,24,25). The summed E-state index contributed by atoms with van der Waals surface area (Å²) in [4.78, 5) is 20.7. The molecule has 0 spiro atoms. The fourth-order valence-corrected chi connectivity index (χ4v) is 2.83. The van der Waals surface area contributed by atoms with E-state index in [2.05, 4.69) is 20.6 Å². The van der Waals surface area contributed by atoms with Gasteiger partial charge in [0, 0.05) is 17.4 Å². The van der Waals surface area contributed by atoms with Crippen molar-refractivity contribution in [3.8, 4) is 17.2 Å².